The van der Waals surface area contributed by atoms with Gasteiger partial charge >= 0.3 is 0 Å². The first kappa shape index (κ1) is 16.0. The Labute approximate surface area is 118 Å². The molecule has 1 amide bonds. The van der Waals surface area contributed by atoms with Gasteiger partial charge in [-0.2, -0.15) is 11.8 Å². The topological polar surface area (TPSA) is 75.3 Å². The summed E-state index contributed by atoms with van der Waals surface area (Å²) in [6, 6.07) is 6.12. The third kappa shape index (κ3) is 5.22. The average Bonchev–Trinajstić information content (AvgIpc) is 2.37. The van der Waals surface area contributed by atoms with Crippen molar-refractivity contribution in [3.8, 4) is 0 Å². The third-order valence-corrected chi connectivity index (χ3v) is 4.29. The van der Waals surface area contributed by atoms with Gasteiger partial charge in [0.05, 0.1) is 10.6 Å². The largest absolute Gasteiger partial charge is 0.325 e. The van der Waals surface area contributed by atoms with E-state index in [1.807, 2.05) is 13.2 Å². The van der Waals surface area contributed by atoms with E-state index in [1.54, 1.807) is 12.1 Å². The third-order valence-electron chi connectivity index (χ3n) is 2.27. The molecule has 0 aliphatic heterocycles. The second kappa shape index (κ2) is 7.52. The lowest BCUT2D eigenvalue weighted by atomic mass is 10.3. The van der Waals surface area contributed by atoms with Crippen LogP contribution in [0, 0.1) is 0 Å². The summed E-state index contributed by atoms with van der Waals surface area (Å²) in [4.78, 5) is 11.6. The number of amides is 1. The lowest BCUT2D eigenvalue weighted by Gasteiger charge is -2.07. The molecule has 0 saturated heterocycles. The summed E-state index contributed by atoms with van der Waals surface area (Å²) in [5.74, 6) is 0.269. The second-order valence-electron chi connectivity index (χ2n) is 3.90. The molecule has 106 valence electrons. The van der Waals surface area contributed by atoms with Crippen molar-refractivity contribution in [2.45, 2.75) is 18.2 Å². The van der Waals surface area contributed by atoms with E-state index in [0.717, 1.165) is 6.42 Å². The zero-order valence-electron chi connectivity index (χ0n) is 11.0. The first-order valence-corrected chi connectivity index (χ1v) is 8.76. The van der Waals surface area contributed by atoms with Crippen molar-refractivity contribution in [3.63, 3.8) is 0 Å². The highest BCUT2D eigenvalue weighted by atomic mass is 32.2. The number of hydrogen-bond donors (Lipinski definition) is 2. The molecule has 19 heavy (non-hydrogen) atoms. The zero-order chi connectivity index (χ0) is 14.3. The van der Waals surface area contributed by atoms with Crippen LogP contribution < -0.4 is 10.0 Å². The van der Waals surface area contributed by atoms with Crippen molar-refractivity contribution in [2.24, 2.45) is 0 Å². The Bertz CT molecular complexity index is 512. The molecular formula is C12H18N2O3S2. The van der Waals surface area contributed by atoms with Crippen LogP contribution in [0.3, 0.4) is 0 Å². The van der Waals surface area contributed by atoms with E-state index in [-0.39, 0.29) is 10.8 Å². The van der Waals surface area contributed by atoms with Crippen molar-refractivity contribution in [1.82, 2.24) is 4.72 Å². The van der Waals surface area contributed by atoms with Crippen molar-refractivity contribution in [3.05, 3.63) is 24.3 Å². The molecule has 7 heteroatoms. The number of anilines is 1. The van der Waals surface area contributed by atoms with Gasteiger partial charge in [0.15, 0.2) is 0 Å². The van der Waals surface area contributed by atoms with Crippen LogP contribution in [0.25, 0.3) is 0 Å². The molecule has 0 aliphatic carbocycles. The highest BCUT2D eigenvalue weighted by Crippen LogP contribution is 2.14. The Morgan fingerprint density at radius 2 is 1.89 bits per heavy atom. The molecule has 1 rings (SSSR count). The molecule has 0 heterocycles. The van der Waals surface area contributed by atoms with Gasteiger partial charge in [-0.3, -0.25) is 4.79 Å². The highest BCUT2D eigenvalue weighted by molar-refractivity contribution is 7.99. The predicted molar refractivity (Wildman–Crippen MR) is 78.9 cm³/mol. The maximum atomic E-state index is 11.8. The van der Waals surface area contributed by atoms with E-state index in [0.29, 0.717) is 18.0 Å². The van der Waals surface area contributed by atoms with Crippen molar-refractivity contribution in [2.75, 3.05) is 23.9 Å². The average molecular weight is 302 g/mol. The van der Waals surface area contributed by atoms with E-state index < -0.39 is 10.0 Å². The van der Waals surface area contributed by atoms with Gasteiger partial charge in [-0.05, 0) is 36.9 Å². The summed E-state index contributed by atoms with van der Waals surface area (Å²) in [6.07, 6.45) is 2.58. The first-order chi connectivity index (χ1) is 8.99. The minimum Gasteiger partial charge on any atom is -0.325 e. The second-order valence-corrected chi connectivity index (χ2v) is 6.54. The number of rotatable bonds is 7. The lowest BCUT2D eigenvalue weighted by molar-refractivity contribution is -0.113. The van der Waals surface area contributed by atoms with Crippen LogP contribution in [0.1, 0.15) is 13.3 Å². The fraction of sp³-hybridized carbons (Fsp3) is 0.417. The Morgan fingerprint density at radius 3 is 2.42 bits per heavy atom. The summed E-state index contributed by atoms with van der Waals surface area (Å²) in [7, 11) is -3.44. The predicted octanol–water partition coefficient (Wildman–Crippen LogP) is 1.68. The van der Waals surface area contributed by atoms with E-state index in [1.165, 1.54) is 23.9 Å². The van der Waals surface area contributed by atoms with Gasteiger partial charge in [-0.1, -0.05) is 6.92 Å². The van der Waals surface area contributed by atoms with E-state index in [4.69, 9.17) is 0 Å². The van der Waals surface area contributed by atoms with Gasteiger partial charge in [0.1, 0.15) is 0 Å². The van der Waals surface area contributed by atoms with E-state index >= 15 is 0 Å². The van der Waals surface area contributed by atoms with Gasteiger partial charge in [-0.15, -0.1) is 0 Å². The number of carbonyl (C=O) groups is 1. The Morgan fingerprint density at radius 1 is 1.26 bits per heavy atom. The summed E-state index contributed by atoms with van der Waals surface area (Å²) in [5, 5.41) is 2.69. The summed E-state index contributed by atoms with van der Waals surface area (Å²) in [5.41, 5.74) is 0.591. The minimum atomic E-state index is -3.44. The van der Waals surface area contributed by atoms with Crippen LogP contribution in [0.15, 0.2) is 29.2 Å². The van der Waals surface area contributed by atoms with Crippen molar-refractivity contribution < 1.29 is 13.2 Å². The highest BCUT2D eigenvalue weighted by Gasteiger charge is 2.12. The molecule has 1 aromatic rings. The van der Waals surface area contributed by atoms with Crippen LogP contribution in [0.5, 0.6) is 0 Å². The SMILES string of the molecule is CCCNS(=O)(=O)c1ccc(NC(=O)CSC)cc1. The lowest BCUT2D eigenvalue weighted by Crippen LogP contribution is -2.24. The molecule has 0 spiro atoms. The fourth-order valence-corrected chi connectivity index (χ4v) is 2.83. The van der Waals surface area contributed by atoms with Crippen LogP contribution >= 0.6 is 11.8 Å². The maximum Gasteiger partial charge on any atom is 0.240 e. The Hall–Kier alpha value is -1.05. The van der Waals surface area contributed by atoms with Gasteiger partial charge in [0.25, 0.3) is 0 Å². The summed E-state index contributed by atoms with van der Waals surface area (Å²) >= 11 is 1.43. The molecule has 0 aromatic heterocycles. The van der Waals surface area contributed by atoms with Crippen LogP contribution in [-0.2, 0) is 14.8 Å². The van der Waals surface area contributed by atoms with Gasteiger partial charge < -0.3 is 5.32 Å². The number of thioether (sulfide) groups is 1. The van der Waals surface area contributed by atoms with Gasteiger partial charge in [0, 0.05) is 12.2 Å². The van der Waals surface area contributed by atoms with Gasteiger partial charge in [0.2, 0.25) is 15.9 Å². The summed E-state index contributed by atoms with van der Waals surface area (Å²) in [6.45, 7) is 2.31. The quantitative estimate of drug-likeness (QED) is 0.803. The number of hydrogen-bond acceptors (Lipinski definition) is 4. The summed E-state index contributed by atoms with van der Waals surface area (Å²) < 4.78 is 26.1. The minimum absolute atomic E-state index is 0.104. The van der Waals surface area contributed by atoms with E-state index in [2.05, 4.69) is 10.0 Å². The van der Waals surface area contributed by atoms with Crippen LogP contribution in [0.2, 0.25) is 0 Å². The monoisotopic (exact) mass is 302 g/mol. The first-order valence-electron chi connectivity index (χ1n) is 5.88. The Balaban J connectivity index is 2.73. The molecule has 5 nitrogen and oxygen atoms in total. The molecule has 0 bridgehead atoms. The number of nitrogens with one attached hydrogen (secondary N) is 2. The maximum absolute atomic E-state index is 11.8. The molecule has 0 atom stereocenters. The standard InChI is InChI=1S/C12H18N2O3S2/c1-3-8-13-19(16,17)11-6-4-10(5-7-11)14-12(15)9-18-2/h4-7,13H,3,8-9H2,1-2H3,(H,14,15). The number of sulfonamides is 1. The molecule has 0 saturated carbocycles. The smallest absolute Gasteiger partial charge is 0.240 e. The molecule has 0 radical (unpaired) electrons. The number of benzene rings is 1. The molecule has 0 fully saturated rings. The molecular weight excluding hydrogens is 284 g/mol. The van der Waals surface area contributed by atoms with Gasteiger partial charge in [-0.25, -0.2) is 13.1 Å². The van der Waals surface area contributed by atoms with Crippen molar-refractivity contribution >= 4 is 33.4 Å². The van der Waals surface area contributed by atoms with Crippen LogP contribution in [-0.4, -0.2) is 32.9 Å². The zero-order valence-corrected chi connectivity index (χ0v) is 12.6. The number of carbonyl (C=O) groups excluding carboxylic acids is 1. The fourth-order valence-electron chi connectivity index (χ4n) is 1.37. The molecule has 1 aromatic carbocycles. The molecule has 0 unspecified atom stereocenters. The molecule has 2 N–H and O–H groups in total. The van der Waals surface area contributed by atoms with Crippen molar-refractivity contribution in [1.29, 1.82) is 0 Å². The van der Waals surface area contributed by atoms with Crippen LogP contribution in [0.4, 0.5) is 5.69 Å². The Kier molecular flexibility index (Phi) is 6.33. The molecule has 0 aliphatic rings. The normalized spacial score (nSPS) is 11.3. The van der Waals surface area contributed by atoms with E-state index in [9.17, 15) is 13.2 Å².